The van der Waals surface area contributed by atoms with E-state index in [0.717, 1.165) is 12.0 Å². The van der Waals surface area contributed by atoms with Gasteiger partial charge in [-0.3, -0.25) is 4.79 Å². The smallest absolute Gasteiger partial charge is 0.255 e. The minimum atomic E-state index is -0.203. The molecule has 2 rings (SSSR count). The molecule has 2 aromatic rings. The van der Waals surface area contributed by atoms with Crippen LogP contribution in [0.4, 0.5) is 11.4 Å². The van der Waals surface area contributed by atoms with E-state index < -0.39 is 0 Å². The summed E-state index contributed by atoms with van der Waals surface area (Å²) in [7, 11) is 0. The Morgan fingerprint density at radius 3 is 2.65 bits per heavy atom. The van der Waals surface area contributed by atoms with Gasteiger partial charge in [0.05, 0.1) is 5.02 Å². The molecule has 0 aromatic heterocycles. The van der Waals surface area contributed by atoms with Gasteiger partial charge in [-0.25, -0.2) is 0 Å². The van der Waals surface area contributed by atoms with Crippen LogP contribution in [0.2, 0.25) is 5.02 Å². The normalized spacial score (nSPS) is 10.3. The highest BCUT2D eigenvalue weighted by atomic mass is 79.9. The van der Waals surface area contributed by atoms with Crippen LogP contribution in [0.5, 0.6) is 0 Å². The Labute approximate surface area is 131 Å². The number of nitrogen functional groups attached to an aromatic ring is 1. The predicted molar refractivity (Wildman–Crippen MR) is 87.3 cm³/mol. The van der Waals surface area contributed by atoms with Crippen LogP contribution in [0.3, 0.4) is 0 Å². The number of nitrogens with one attached hydrogen (secondary N) is 1. The summed E-state index contributed by atoms with van der Waals surface area (Å²) in [4.78, 5) is 12.1. The largest absolute Gasteiger partial charge is 0.398 e. The molecule has 20 heavy (non-hydrogen) atoms. The summed E-state index contributed by atoms with van der Waals surface area (Å²) in [5.74, 6) is -0.203. The summed E-state index contributed by atoms with van der Waals surface area (Å²) in [5.41, 5.74) is 8.87. The minimum Gasteiger partial charge on any atom is -0.398 e. The molecule has 0 spiro atoms. The van der Waals surface area contributed by atoms with E-state index in [4.69, 9.17) is 17.3 Å². The standard InChI is InChI=1S/C15H14BrClN2O/c1-2-9-3-5-11(8-14(9)18)19-15(20)10-4-6-13(17)12(16)7-10/h3-8H,2,18H2,1H3,(H,19,20). The van der Waals surface area contributed by atoms with Crippen molar-refractivity contribution in [3.8, 4) is 0 Å². The van der Waals surface area contributed by atoms with Crippen LogP contribution in [-0.2, 0) is 6.42 Å². The topological polar surface area (TPSA) is 55.1 Å². The fraction of sp³-hybridized carbons (Fsp3) is 0.133. The molecule has 5 heteroatoms. The molecule has 0 saturated carbocycles. The van der Waals surface area contributed by atoms with Gasteiger partial charge in [-0.05, 0) is 58.2 Å². The number of halogens is 2. The average Bonchev–Trinajstić information content (AvgIpc) is 2.42. The third kappa shape index (κ3) is 3.32. The number of aryl methyl sites for hydroxylation is 1. The van der Waals surface area contributed by atoms with E-state index in [1.807, 2.05) is 19.1 Å². The molecule has 0 aliphatic rings. The molecular weight excluding hydrogens is 340 g/mol. The Balaban J connectivity index is 2.19. The van der Waals surface area contributed by atoms with Crippen LogP contribution < -0.4 is 11.1 Å². The summed E-state index contributed by atoms with van der Waals surface area (Å²) in [6.45, 7) is 2.04. The van der Waals surface area contributed by atoms with E-state index in [1.165, 1.54) is 0 Å². The van der Waals surface area contributed by atoms with Gasteiger partial charge in [-0.1, -0.05) is 24.6 Å². The van der Waals surface area contributed by atoms with Gasteiger partial charge >= 0.3 is 0 Å². The zero-order valence-electron chi connectivity index (χ0n) is 10.9. The highest BCUT2D eigenvalue weighted by molar-refractivity contribution is 9.10. The number of rotatable bonds is 3. The van der Waals surface area contributed by atoms with E-state index >= 15 is 0 Å². The summed E-state index contributed by atoms with van der Waals surface area (Å²) in [6, 6.07) is 10.6. The molecule has 0 fully saturated rings. The maximum Gasteiger partial charge on any atom is 0.255 e. The van der Waals surface area contributed by atoms with Gasteiger partial charge in [0.1, 0.15) is 0 Å². The van der Waals surface area contributed by atoms with Crippen LogP contribution in [-0.4, -0.2) is 5.91 Å². The van der Waals surface area contributed by atoms with Crippen molar-refractivity contribution in [3.05, 3.63) is 57.0 Å². The van der Waals surface area contributed by atoms with Gasteiger partial charge in [0, 0.05) is 21.4 Å². The Morgan fingerprint density at radius 1 is 1.30 bits per heavy atom. The maximum absolute atomic E-state index is 12.1. The van der Waals surface area contributed by atoms with Crippen molar-refractivity contribution in [2.24, 2.45) is 0 Å². The van der Waals surface area contributed by atoms with Crippen LogP contribution in [0, 0.1) is 0 Å². The Kier molecular flexibility index (Phi) is 4.68. The third-order valence-electron chi connectivity index (χ3n) is 2.97. The summed E-state index contributed by atoms with van der Waals surface area (Å²) in [6.07, 6.45) is 0.865. The molecule has 2 aromatic carbocycles. The zero-order valence-corrected chi connectivity index (χ0v) is 13.3. The fourth-order valence-electron chi connectivity index (χ4n) is 1.84. The second kappa shape index (κ2) is 6.29. The SMILES string of the molecule is CCc1ccc(NC(=O)c2ccc(Cl)c(Br)c2)cc1N. The second-order valence-electron chi connectivity index (χ2n) is 4.35. The van der Waals surface area contributed by atoms with Gasteiger partial charge in [-0.2, -0.15) is 0 Å². The predicted octanol–water partition coefficient (Wildman–Crippen LogP) is 4.50. The molecule has 3 nitrogen and oxygen atoms in total. The fourth-order valence-corrected chi connectivity index (χ4v) is 2.33. The lowest BCUT2D eigenvalue weighted by molar-refractivity contribution is 0.102. The third-order valence-corrected chi connectivity index (χ3v) is 4.18. The molecule has 0 aliphatic carbocycles. The van der Waals surface area contributed by atoms with E-state index in [9.17, 15) is 4.79 Å². The van der Waals surface area contributed by atoms with Crippen molar-refractivity contribution in [1.29, 1.82) is 0 Å². The first-order valence-electron chi connectivity index (χ1n) is 6.16. The van der Waals surface area contributed by atoms with Crippen molar-refractivity contribution in [2.75, 3.05) is 11.1 Å². The number of hydrogen-bond donors (Lipinski definition) is 2. The molecule has 0 saturated heterocycles. The number of nitrogens with two attached hydrogens (primary N) is 1. The van der Waals surface area contributed by atoms with Gasteiger partial charge in [0.15, 0.2) is 0 Å². The molecule has 0 unspecified atom stereocenters. The monoisotopic (exact) mass is 352 g/mol. The lowest BCUT2D eigenvalue weighted by Crippen LogP contribution is -2.12. The van der Waals surface area contributed by atoms with Crippen molar-refractivity contribution in [3.63, 3.8) is 0 Å². The van der Waals surface area contributed by atoms with Crippen molar-refractivity contribution >= 4 is 44.8 Å². The van der Waals surface area contributed by atoms with Gasteiger partial charge in [-0.15, -0.1) is 0 Å². The van der Waals surface area contributed by atoms with Crippen LogP contribution in [0.1, 0.15) is 22.8 Å². The number of carbonyl (C=O) groups excluding carboxylic acids is 1. The van der Waals surface area contributed by atoms with E-state index in [-0.39, 0.29) is 5.91 Å². The van der Waals surface area contributed by atoms with E-state index in [1.54, 1.807) is 24.3 Å². The lowest BCUT2D eigenvalue weighted by Gasteiger charge is -2.09. The number of carbonyl (C=O) groups is 1. The van der Waals surface area contributed by atoms with Crippen molar-refractivity contribution in [2.45, 2.75) is 13.3 Å². The molecule has 0 aliphatic heterocycles. The van der Waals surface area contributed by atoms with Crippen LogP contribution in [0.25, 0.3) is 0 Å². The molecule has 1 amide bonds. The highest BCUT2D eigenvalue weighted by Gasteiger charge is 2.09. The molecule has 0 heterocycles. The number of hydrogen-bond acceptors (Lipinski definition) is 2. The van der Waals surface area contributed by atoms with Gasteiger partial charge < -0.3 is 11.1 Å². The molecule has 0 bridgehead atoms. The van der Waals surface area contributed by atoms with E-state index in [0.29, 0.717) is 26.4 Å². The average molecular weight is 354 g/mol. The molecule has 0 atom stereocenters. The van der Waals surface area contributed by atoms with Crippen molar-refractivity contribution < 1.29 is 4.79 Å². The first-order valence-corrected chi connectivity index (χ1v) is 7.33. The number of anilines is 2. The number of benzene rings is 2. The van der Waals surface area contributed by atoms with Crippen LogP contribution in [0.15, 0.2) is 40.9 Å². The quantitative estimate of drug-likeness (QED) is 0.798. The van der Waals surface area contributed by atoms with Crippen molar-refractivity contribution in [1.82, 2.24) is 0 Å². The Bertz CT molecular complexity index is 658. The molecule has 3 N–H and O–H groups in total. The molecular formula is C15H14BrClN2O. The molecule has 0 radical (unpaired) electrons. The van der Waals surface area contributed by atoms with Crippen LogP contribution >= 0.6 is 27.5 Å². The Hall–Kier alpha value is -1.52. The number of amides is 1. The van der Waals surface area contributed by atoms with Gasteiger partial charge in [0.2, 0.25) is 0 Å². The summed E-state index contributed by atoms with van der Waals surface area (Å²) >= 11 is 9.20. The Morgan fingerprint density at radius 2 is 2.05 bits per heavy atom. The zero-order chi connectivity index (χ0) is 14.7. The molecule has 104 valence electrons. The lowest BCUT2D eigenvalue weighted by atomic mass is 10.1. The maximum atomic E-state index is 12.1. The van der Waals surface area contributed by atoms with E-state index in [2.05, 4.69) is 21.2 Å². The van der Waals surface area contributed by atoms with Gasteiger partial charge in [0.25, 0.3) is 5.91 Å². The summed E-state index contributed by atoms with van der Waals surface area (Å²) in [5, 5.41) is 3.38. The minimum absolute atomic E-state index is 0.203. The first kappa shape index (κ1) is 14.9. The first-order chi connectivity index (χ1) is 9.51. The highest BCUT2D eigenvalue weighted by Crippen LogP contribution is 2.24. The second-order valence-corrected chi connectivity index (χ2v) is 5.61. The summed E-state index contributed by atoms with van der Waals surface area (Å²) < 4.78 is 0.688.